The molecule has 1 unspecified atom stereocenters. The normalized spacial score (nSPS) is 17.9. The maximum atomic E-state index is 12.5. The Morgan fingerprint density at radius 2 is 2.22 bits per heavy atom. The van der Waals surface area contributed by atoms with Crippen molar-refractivity contribution in [3.63, 3.8) is 0 Å². The van der Waals surface area contributed by atoms with Gasteiger partial charge in [-0.05, 0) is 37.1 Å². The molecule has 1 aliphatic rings. The van der Waals surface area contributed by atoms with Gasteiger partial charge in [-0.25, -0.2) is 4.98 Å². The summed E-state index contributed by atoms with van der Waals surface area (Å²) in [6, 6.07) is 9.11. The smallest absolute Gasteiger partial charge is 0.255 e. The first-order valence-electron chi connectivity index (χ1n) is 7.74. The van der Waals surface area contributed by atoms with Crippen molar-refractivity contribution in [2.75, 3.05) is 18.8 Å². The summed E-state index contributed by atoms with van der Waals surface area (Å²) in [4.78, 5) is 22.6. The van der Waals surface area contributed by atoms with Crippen LogP contribution in [0.4, 0.5) is 5.82 Å². The minimum absolute atomic E-state index is 0.0244. The molecule has 0 bridgehead atoms. The second-order valence-corrected chi connectivity index (χ2v) is 5.62. The highest BCUT2D eigenvalue weighted by Gasteiger charge is 2.25. The van der Waals surface area contributed by atoms with E-state index in [1.54, 1.807) is 18.3 Å². The third-order valence-corrected chi connectivity index (χ3v) is 3.89. The van der Waals surface area contributed by atoms with Gasteiger partial charge >= 0.3 is 0 Å². The number of nitrogen functional groups attached to an aromatic ring is 1. The lowest BCUT2D eigenvalue weighted by Gasteiger charge is -2.32. The second-order valence-electron chi connectivity index (χ2n) is 5.62. The van der Waals surface area contributed by atoms with E-state index in [9.17, 15) is 4.79 Å². The van der Waals surface area contributed by atoms with E-state index in [0.717, 1.165) is 25.1 Å². The zero-order chi connectivity index (χ0) is 16.1. The Bertz CT molecular complexity index is 645. The number of aromatic nitrogens is 2. The summed E-state index contributed by atoms with van der Waals surface area (Å²) in [5.41, 5.74) is 7.02. The summed E-state index contributed by atoms with van der Waals surface area (Å²) in [6.45, 7) is 1.81. The first-order chi connectivity index (χ1) is 11.2. The van der Waals surface area contributed by atoms with Crippen LogP contribution in [0.25, 0.3) is 0 Å². The SMILES string of the molecule is Nc1ccc(C(=O)N2CCCC(OCc3ccccn3)C2)cn1. The van der Waals surface area contributed by atoms with Gasteiger partial charge in [0.15, 0.2) is 0 Å². The lowest BCUT2D eigenvalue weighted by molar-refractivity contribution is -0.00786. The molecular formula is C17H20N4O2. The predicted octanol–water partition coefficient (Wildman–Crippen LogP) is 1.88. The van der Waals surface area contributed by atoms with Crippen LogP contribution in [0.1, 0.15) is 28.9 Å². The monoisotopic (exact) mass is 312 g/mol. The minimum Gasteiger partial charge on any atom is -0.384 e. The molecule has 3 rings (SSSR count). The Balaban J connectivity index is 1.57. The van der Waals surface area contributed by atoms with Gasteiger partial charge in [0.25, 0.3) is 5.91 Å². The van der Waals surface area contributed by atoms with Crippen LogP contribution in [0.3, 0.4) is 0 Å². The maximum absolute atomic E-state index is 12.5. The van der Waals surface area contributed by atoms with Crippen LogP contribution >= 0.6 is 0 Å². The molecule has 6 heteroatoms. The molecule has 0 aromatic carbocycles. The van der Waals surface area contributed by atoms with E-state index in [-0.39, 0.29) is 12.0 Å². The largest absolute Gasteiger partial charge is 0.384 e. The molecule has 0 spiro atoms. The summed E-state index contributed by atoms with van der Waals surface area (Å²) in [5.74, 6) is 0.389. The number of carbonyl (C=O) groups is 1. The molecule has 1 atom stereocenters. The van der Waals surface area contributed by atoms with E-state index in [4.69, 9.17) is 10.5 Å². The van der Waals surface area contributed by atoms with E-state index in [1.807, 2.05) is 23.1 Å². The number of anilines is 1. The Kier molecular flexibility index (Phi) is 4.83. The van der Waals surface area contributed by atoms with Gasteiger partial charge in [0, 0.05) is 25.5 Å². The van der Waals surface area contributed by atoms with Crippen molar-refractivity contribution < 1.29 is 9.53 Å². The van der Waals surface area contributed by atoms with Crippen LogP contribution in [0.2, 0.25) is 0 Å². The fraction of sp³-hybridized carbons (Fsp3) is 0.353. The third-order valence-electron chi connectivity index (χ3n) is 3.89. The number of nitrogens with zero attached hydrogens (tertiary/aromatic N) is 3. The Morgan fingerprint density at radius 3 is 2.96 bits per heavy atom. The van der Waals surface area contributed by atoms with Gasteiger partial charge in [-0.15, -0.1) is 0 Å². The van der Waals surface area contributed by atoms with Gasteiger partial charge in [0.05, 0.1) is 24.0 Å². The summed E-state index contributed by atoms with van der Waals surface area (Å²) in [7, 11) is 0. The molecule has 3 heterocycles. The number of amides is 1. The number of ether oxygens (including phenoxy) is 1. The Labute approximate surface area is 135 Å². The van der Waals surface area contributed by atoms with Gasteiger partial charge in [-0.2, -0.15) is 0 Å². The van der Waals surface area contributed by atoms with E-state index < -0.39 is 0 Å². The topological polar surface area (TPSA) is 81.3 Å². The summed E-state index contributed by atoms with van der Waals surface area (Å²) >= 11 is 0. The number of hydrogen-bond acceptors (Lipinski definition) is 5. The molecule has 120 valence electrons. The zero-order valence-corrected chi connectivity index (χ0v) is 12.9. The average molecular weight is 312 g/mol. The van der Waals surface area contributed by atoms with Crippen molar-refractivity contribution in [3.05, 3.63) is 54.0 Å². The van der Waals surface area contributed by atoms with Gasteiger partial charge in [0.1, 0.15) is 5.82 Å². The second kappa shape index (κ2) is 7.19. The standard InChI is InChI=1S/C17H20N4O2/c18-16-7-6-13(10-20-16)17(22)21-9-3-5-15(11-21)23-12-14-4-1-2-8-19-14/h1-2,4,6-8,10,15H,3,5,9,11-12H2,(H2,18,20). The van der Waals surface area contributed by atoms with Crippen molar-refractivity contribution in [2.24, 2.45) is 0 Å². The quantitative estimate of drug-likeness (QED) is 0.932. The first kappa shape index (κ1) is 15.4. The van der Waals surface area contributed by atoms with Crippen molar-refractivity contribution in [1.82, 2.24) is 14.9 Å². The zero-order valence-electron chi connectivity index (χ0n) is 12.9. The van der Waals surface area contributed by atoms with Crippen LogP contribution in [-0.2, 0) is 11.3 Å². The average Bonchev–Trinajstić information content (AvgIpc) is 2.61. The number of nitrogens with two attached hydrogens (primary N) is 1. The van der Waals surface area contributed by atoms with Crippen LogP contribution in [0, 0.1) is 0 Å². The number of pyridine rings is 2. The van der Waals surface area contributed by atoms with Gasteiger partial charge in [-0.3, -0.25) is 9.78 Å². The Morgan fingerprint density at radius 1 is 1.30 bits per heavy atom. The number of rotatable bonds is 4. The number of piperidine rings is 1. The lowest BCUT2D eigenvalue weighted by Crippen LogP contribution is -2.43. The molecule has 0 radical (unpaired) electrons. The van der Waals surface area contributed by atoms with Crippen LogP contribution < -0.4 is 5.73 Å². The van der Waals surface area contributed by atoms with Crippen molar-refractivity contribution >= 4 is 11.7 Å². The molecule has 0 saturated carbocycles. The molecule has 1 aliphatic heterocycles. The molecule has 1 amide bonds. The number of carbonyl (C=O) groups excluding carboxylic acids is 1. The van der Waals surface area contributed by atoms with E-state index >= 15 is 0 Å². The van der Waals surface area contributed by atoms with Crippen molar-refractivity contribution in [1.29, 1.82) is 0 Å². The number of hydrogen-bond donors (Lipinski definition) is 1. The van der Waals surface area contributed by atoms with Gasteiger partial charge in [-0.1, -0.05) is 6.07 Å². The fourth-order valence-electron chi connectivity index (χ4n) is 2.66. The molecule has 23 heavy (non-hydrogen) atoms. The molecule has 2 aromatic heterocycles. The molecule has 1 saturated heterocycles. The minimum atomic E-state index is -0.0244. The fourth-order valence-corrected chi connectivity index (χ4v) is 2.66. The summed E-state index contributed by atoms with van der Waals surface area (Å²) in [6.07, 6.45) is 5.20. The van der Waals surface area contributed by atoms with E-state index in [1.165, 1.54) is 6.20 Å². The van der Waals surface area contributed by atoms with Crippen LogP contribution in [0.5, 0.6) is 0 Å². The van der Waals surface area contributed by atoms with Crippen LogP contribution in [0.15, 0.2) is 42.7 Å². The highest BCUT2D eigenvalue weighted by Crippen LogP contribution is 2.17. The maximum Gasteiger partial charge on any atom is 0.255 e. The molecule has 0 aliphatic carbocycles. The first-order valence-corrected chi connectivity index (χ1v) is 7.74. The lowest BCUT2D eigenvalue weighted by atomic mass is 10.1. The predicted molar refractivity (Wildman–Crippen MR) is 86.6 cm³/mol. The molecule has 1 fully saturated rings. The molecular weight excluding hydrogens is 292 g/mol. The molecule has 2 aromatic rings. The van der Waals surface area contributed by atoms with E-state index in [0.29, 0.717) is 24.5 Å². The van der Waals surface area contributed by atoms with Crippen molar-refractivity contribution in [2.45, 2.75) is 25.6 Å². The highest BCUT2D eigenvalue weighted by molar-refractivity contribution is 5.94. The third kappa shape index (κ3) is 4.04. The van der Waals surface area contributed by atoms with Crippen LogP contribution in [-0.4, -0.2) is 40.0 Å². The molecule has 2 N–H and O–H groups in total. The van der Waals surface area contributed by atoms with Gasteiger partial charge < -0.3 is 15.4 Å². The highest BCUT2D eigenvalue weighted by atomic mass is 16.5. The van der Waals surface area contributed by atoms with Gasteiger partial charge in [0.2, 0.25) is 0 Å². The number of likely N-dealkylation sites (tertiary alicyclic amines) is 1. The summed E-state index contributed by atoms with van der Waals surface area (Å²) < 4.78 is 5.91. The van der Waals surface area contributed by atoms with Crippen molar-refractivity contribution in [3.8, 4) is 0 Å². The van der Waals surface area contributed by atoms with E-state index in [2.05, 4.69) is 9.97 Å². The summed E-state index contributed by atoms with van der Waals surface area (Å²) in [5, 5.41) is 0. The Hall–Kier alpha value is -2.47. The molecule has 6 nitrogen and oxygen atoms in total.